The molecule has 2 aromatic carbocycles. The molecule has 0 unspecified atom stereocenters. The summed E-state index contributed by atoms with van der Waals surface area (Å²) in [5.41, 5.74) is 0.933. The van der Waals surface area contributed by atoms with E-state index in [9.17, 15) is 29.4 Å². The van der Waals surface area contributed by atoms with E-state index in [-0.39, 0.29) is 0 Å². The maximum Gasteiger partial charge on any atom is 0.253 e. The molecule has 10 heteroatoms. The average molecular weight is 527 g/mol. The van der Waals surface area contributed by atoms with Crippen molar-refractivity contribution in [2.75, 3.05) is 13.1 Å². The Labute approximate surface area is 223 Å². The molecular formula is C28H38N4O6. The van der Waals surface area contributed by atoms with Crippen LogP contribution in [0.1, 0.15) is 62.7 Å². The summed E-state index contributed by atoms with van der Waals surface area (Å²) in [7, 11) is 0. The Morgan fingerprint density at radius 3 is 1.26 bits per heavy atom. The number of aliphatic hydroxyl groups is 2. The Bertz CT molecular complexity index is 951. The van der Waals surface area contributed by atoms with Gasteiger partial charge >= 0.3 is 0 Å². The zero-order valence-corrected chi connectivity index (χ0v) is 21.9. The van der Waals surface area contributed by atoms with Crippen LogP contribution in [0, 0.1) is 0 Å². The van der Waals surface area contributed by atoms with Crippen LogP contribution in [0.15, 0.2) is 60.7 Å². The fraction of sp³-hybridized carbons (Fsp3) is 0.429. The molecule has 4 amide bonds. The minimum absolute atomic E-state index is 0.406. The molecule has 0 saturated heterocycles. The van der Waals surface area contributed by atoms with E-state index in [1.54, 1.807) is 60.7 Å². The second-order valence-electron chi connectivity index (χ2n) is 8.88. The number of unbranched alkanes of at least 4 members (excludes halogenated alkanes) is 2. The highest BCUT2D eigenvalue weighted by atomic mass is 16.3. The van der Waals surface area contributed by atoms with Gasteiger partial charge in [-0.05, 0) is 24.0 Å². The number of aliphatic hydroxyl groups excluding tert-OH is 2. The van der Waals surface area contributed by atoms with Gasteiger partial charge in [-0.2, -0.15) is 0 Å². The minimum Gasteiger partial charge on any atom is -0.380 e. The summed E-state index contributed by atoms with van der Waals surface area (Å²) in [6.45, 7) is 4.76. The van der Waals surface area contributed by atoms with Crippen LogP contribution in [0.3, 0.4) is 0 Å². The van der Waals surface area contributed by atoms with E-state index in [1.807, 2.05) is 13.8 Å². The Morgan fingerprint density at radius 1 is 0.605 bits per heavy atom. The number of rotatable bonds is 15. The first-order chi connectivity index (χ1) is 18.3. The second kappa shape index (κ2) is 16.2. The summed E-state index contributed by atoms with van der Waals surface area (Å²) in [4.78, 5) is 51.2. The summed E-state index contributed by atoms with van der Waals surface area (Å²) < 4.78 is 0. The topological polar surface area (TPSA) is 157 Å². The van der Waals surface area contributed by atoms with Gasteiger partial charge in [-0.25, -0.2) is 0 Å². The van der Waals surface area contributed by atoms with Crippen molar-refractivity contribution in [3.05, 3.63) is 71.8 Å². The minimum atomic E-state index is -2.19. The van der Waals surface area contributed by atoms with Gasteiger partial charge in [0.05, 0.1) is 0 Å². The van der Waals surface area contributed by atoms with Crippen molar-refractivity contribution in [2.24, 2.45) is 0 Å². The lowest BCUT2D eigenvalue weighted by Crippen LogP contribution is -2.53. The third kappa shape index (κ3) is 9.28. The molecule has 4 atom stereocenters. The van der Waals surface area contributed by atoms with Gasteiger partial charge in [-0.15, -0.1) is 0 Å². The van der Waals surface area contributed by atoms with Crippen LogP contribution in [0.4, 0.5) is 0 Å². The summed E-state index contributed by atoms with van der Waals surface area (Å²) in [6.07, 6.45) is -1.16. The van der Waals surface area contributed by atoms with Gasteiger partial charge in [0, 0.05) is 13.1 Å². The van der Waals surface area contributed by atoms with Crippen molar-refractivity contribution in [2.45, 2.75) is 63.8 Å². The van der Waals surface area contributed by atoms with E-state index in [4.69, 9.17) is 0 Å². The zero-order valence-electron chi connectivity index (χ0n) is 21.9. The third-order valence-electron chi connectivity index (χ3n) is 5.86. The number of benzene rings is 2. The monoisotopic (exact) mass is 526 g/mol. The van der Waals surface area contributed by atoms with Crippen molar-refractivity contribution in [1.29, 1.82) is 0 Å². The van der Waals surface area contributed by atoms with Crippen LogP contribution < -0.4 is 21.3 Å². The molecule has 0 aliphatic rings. The van der Waals surface area contributed by atoms with E-state index in [0.717, 1.165) is 25.7 Å². The average Bonchev–Trinajstić information content (AvgIpc) is 2.94. The number of amides is 4. The molecule has 38 heavy (non-hydrogen) atoms. The lowest BCUT2D eigenvalue weighted by molar-refractivity contribution is -0.148. The van der Waals surface area contributed by atoms with Gasteiger partial charge in [-0.1, -0.05) is 87.4 Å². The fourth-order valence-electron chi connectivity index (χ4n) is 3.61. The van der Waals surface area contributed by atoms with Gasteiger partial charge in [0.2, 0.25) is 11.8 Å². The summed E-state index contributed by atoms with van der Waals surface area (Å²) in [5, 5.41) is 31.3. The molecule has 0 aliphatic carbocycles. The molecule has 0 saturated carbocycles. The smallest absolute Gasteiger partial charge is 0.253 e. The lowest BCUT2D eigenvalue weighted by Gasteiger charge is -2.24. The molecule has 0 aliphatic heterocycles. The van der Waals surface area contributed by atoms with E-state index in [2.05, 4.69) is 21.3 Å². The molecule has 0 spiro atoms. The fourth-order valence-corrected chi connectivity index (χ4v) is 3.61. The molecular weight excluding hydrogens is 488 g/mol. The van der Waals surface area contributed by atoms with Crippen LogP contribution in [-0.4, -0.2) is 59.1 Å². The maximum atomic E-state index is 12.8. The number of nitrogens with one attached hydrogen (secondary N) is 4. The standard InChI is InChI=1S/C28H38N4O6/c1-3-5-17-29-25(35)21(19-13-9-7-10-14-19)31-27(37)23(33)24(34)28(38)32-22(20-15-11-8-12-16-20)26(36)30-18-6-4-2/h7-16,21-24,33-34H,3-6,17-18H2,1-2H3,(H,29,35)(H,30,36)(H,31,37)(H,32,38)/t21-,22-,23-,24-/m0/s1. The van der Waals surface area contributed by atoms with Crippen molar-refractivity contribution < 1.29 is 29.4 Å². The molecule has 0 radical (unpaired) electrons. The van der Waals surface area contributed by atoms with Crippen LogP contribution in [0.2, 0.25) is 0 Å². The molecule has 10 nitrogen and oxygen atoms in total. The van der Waals surface area contributed by atoms with Crippen LogP contribution >= 0.6 is 0 Å². The van der Waals surface area contributed by atoms with E-state index in [0.29, 0.717) is 24.2 Å². The SMILES string of the molecule is CCCCNC(=O)[C@@H](NC(=O)[C@@H](O)[C@H](O)C(=O)N[C@H](C(=O)NCCCC)c1ccccc1)c1ccccc1. The number of carbonyl (C=O) groups excluding carboxylic acids is 4. The van der Waals surface area contributed by atoms with Gasteiger partial charge in [0.15, 0.2) is 12.2 Å². The maximum absolute atomic E-state index is 12.8. The van der Waals surface area contributed by atoms with E-state index < -0.39 is 47.9 Å². The van der Waals surface area contributed by atoms with Crippen molar-refractivity contribution >= 4 is 23.6 Å². The van der Waals surface area contributed by atoms with Gasteiger partial charge in [-0.3, -0.25) is 19.2 Å². The van der Waals surface area contributed by atoms with Gasteiger partial charge < -0.3 is 31.5 Å². The van der Waals surface area contributed by atoms with Gasteiger partial charge in [0.1, 0.15) is 12.1 Å². The normalized spacial score (nSPS) is 13.9. The molecule has 0 bridgehead atoms. The Morgan fingerprint density at radius 2 is 0.947 bits per heavy atom. The number of carbonyl (C=O) groups is 4. The highest BCUT2D eigenvalue weighted by molar-refractivity contribution is 5.96. The predicted octanol–water partition coefficient (Wildman–Crippen LogP) is 1.26. The van der Waals surface area contributed by atoms with Crippen molar-refractivity contribution in [1.82, 2.24) is 21.3 Å². The highest BCUT2D eigenvalue weighted by Crippen LogP contribution is 2.16. The molecule has 206 valence electrons. The largest absolute Gasteiger partial charge is 0.380 e. The van der Waals surface area contributed by atoms with Gasteiger partial charge in [0.25, 0.3) is 11.8 Å². The summed E-state index contributed by atoms with van der Waals surface area (Å²) in [6, 6.07) is 14.6. The van der Waals surface area contributed by atoms with E-state index >= 15 is 0 Å². The number of hydrogen-bond acceptors (Lipinski definition) is 6. The molecule has 0 fully saturated rings. The first-order valence-corrected chi connectivity index (χ1v) is 12.9. The molecule has 6 N–H and O–H groups in total. The molecule has 0 heterocycles. The molecule has 0 aromatic heterocycles. The second-order valence-corrected chi connectivity index (χ2v) is 8.88. The Kier molecular flexibility index (Phi) is 13.0. The predicted molar refractivity (Wildman–Crippen MR) is 143 cm³/mol. The van der Waals surface area contributed by atoms with Crippen molar-refractivity contribution in [3.63, 3.8) is 0 Å². The molecule has 2 rings (SSSR count). The van der Waals surface area contributed by atoms with Crippen LogP contribution in [0.5, 0.6) is 0 Å². The first kappa shape index (κ1) is 30.5. The lowest BCUT2D eigenvalue weighted by atomic mass is 10.0. The number of hydrogen-bond donors (Lipinski definition) is 6. The van der Waals surface area contributed by atoms with Crippen molar-refractivity contribution in [3.8, 4) is 0 Å². The summed E-state index contributed by atoms with van der Waals surface area (Å²) >= 11 is 0. The molecule has 2 aromatic rings. The van der Waals surface area contributed by atoms with Crippen LogP contribution in [-0.2, 0) is 19.2 Å². The van der Waals surface area contributed by atoms with E-state index in [1.165, 1.54) is 0 Å². The van der Waals surface area contributed by atoms with Crippen LogP contribution in [0.25, 0.3) is 0 Å². The quantitative estimate of drug-likeness (QED) is 0.192. The Balaban J connectivity index is 2.12. The first-order valence-electron chi connectivity index (χ1n) is 12.9. The summed E-state index contributed by atoms with van der Waals surface area (Å²) in [5.74, 6) is -3.21. The third-order valence-corrected chi connectivity index (χ3v) is 5.86. The zero-order chi connectivity index (χ0) is 27.9. The highest BCUT2D eigenvalue weighted by Gasteiger charge is 2.35. The Hall–Kier alpha value is -3.76.